The average molecular weight is 910 g/mol. The number of aliphatic carboxylic acids is 2. The Hall–Kier alpha value is -3.98. The van der Waals surface area contributed by atoms with Gasteiger partial charge in [0.05, 0.1) is 16.4 Å². The van der Waals surface area contributed by atoms with Gasteiger partial charge in [-0.1, -0.05) is 104 Å². The van der Waals surface area contributed by atoms with Crippen molar-refractivity contribution in [3.8, 4) is 0 Å². The lowest BCUT2D eigenvalue weighted by Gasteiger charge is -2.75. The highest BCUT2D eigenvalue weighted by molar-refractivity contribution is 6.30. The molecule has 10 atom stereocenters. The molecule has 0 heterocycles. The summed E-state index contributed by atoms with van der Waals surface area (Å²) in [6, 6.07) is 16.2. The predicted octanol–water partition coefficient (Wildman–Crippen LogP) is 11.1. The van der Waals surface area contributed by atoms with Gasteiger partial charge < -0.3 is 20.8 Å². The maximum Gasteiger partial charge on any atom is 0.310 e. The summed E-state index contributed by atoms with van der Waals surface area (Å²) in [7, 11) is 0. The van der Waals surface area contributed by atoms with Crippen molar-refractivity contribution in [2.75, 3.05) is 0 Å². The second-order valence-electron chi connectivity index (χ2n) is 24.4. The molecule has 352 valence electrons. The smallest absolute Gasteiger partial charge is 0.310 e. The quantitative estimate of drug-likeness (QED) is 0.185. The molecule has 0 bridgehead atoms. The summed E-state index contributed by atoms with van der Waals surface area (Å²) in [5.74, 6) is -1.93. The lowest BCUT2D eigenvalue weighted by Crippen LogP contribution is -2.75. The highest BCUT2D eigenvalue weighted by Gasteiger charge is 2.80. The van der Waals surface area contributed by atoms with Crippen molar-refractivity contribution in [3.05, 3.63) is 81.9 Å². The molecular formula is C55H73ClN2O7. The summed E-state index contributed by atoms with van der Waals surface area (Å²) in [5.41, 5.74) is -2.97. The van der Waals surface area contributed by atoms with Crippen LogP contribution in [0.4, 0.5) is 0 Å². The molecule has 10 heteroatoms. The SMILES string of the molecule is CC(C)C1=C2[C@H]3CC[C@@H]4[C@]5(C)CC[C@H]([C@@]6(C(=O)O)C[C@@](Cc7ccccc7)(C(=O)O)C6(C)C)C(C)(C)[C@H]5CC[C@@]4(C)[C@]3(C)CC[C@@]2(NC(=O)C(C)(C)NC(=O)c2ccc(Cl)cc2)CC1=O. The van der Waals surface area contributed by atoms with Crippen LogP contribution in [0.25, 0.3) is 0 Å². The third-order valence-corrected chi connectivity index (χ3v) is 20.8. The average Bonchev–Trinajstić information content (AvgIpc) is 3.51. The summed E-state index contributed by atoms with van der Waals surface area (Å²) < 4.78 is 0. The van der Waals surface area contributed by atoms with E-state index in [1.807, 2.05) is 44.2 Å². The Labute approximate surface area is 391 Å². The van der Waals surface area contributed by atoms with Crippen molar-refractivity contribution in [2.24, 2.45) is 67.5 Å². The van der Waals surface area contributed by atoms with Crippen LogP contribution in [0.3, 0.4) is 0 Å². The number of amides is 2. The van der Waals surface area contributed by atoms with E-state index in [0.717, 1.165) is 61.7 Å². The van der Waals surface area contributed by atoms with Crippen LogP contribution < -0.4 is 10.6 Å². The summed E-state index contributed by atoms with van der Waals surface area (Å²) in [6.45, 7) is 23.5. The fraction of sp³-hybridized carbons (Fsp3) is 0.655. The number of hydrogen-bond donors (Lipinski definition) is 4. The van der Waals surface area contributed by atoms with Crippen LogP contribution in [0.2, 0.25) is 5.02 Å². The molecule has 0 radical (unpaired) electrons. The molecule has 65 heavy (non-hydrogen) atoms. The van der Waals surface area contributed by atoms with Gasteiger partial charge in [0.1, 0.15) is 5.54 Å². The van der Waals surface area contributed by atoms with Crippen LogP contribution in [0.15, 0.2) is 65.7 Å². The molecule has 2 aromatic rings. The molecule has 6 aliphatic carbocycles. The zero-order valence-corrected chi connectivity index (χ0v) is 41.4. The van der Waals surface area contributed by atoms with Gasteiger partial charge in [0.2, 0.25) is 5.91 Å². The molecular weight excluding hydrogens is 836 g/mol. The fourth-order valence-electron chi connectivity index (χ4n) is 17.0. The molecule has 0 aliphatic heterocycles. The summed E-state index contributed by atoms with van der Waals surface area (Å²) in [5, 5.41) is 29.3. The van der Waals surface area contributed by atoms with E-state index in [9.17, 15) is 34.2 Å². The zero-order chi connectivity index (χ0) is 47.7. The van der Waals surface area contributed by atoms with E-state index in [1.165, 1.54) is 0 Å². The first kappa shape index (κ1) is 47.5. The van der Waals surface area contributed by atoms with E-state index in [1.54, 1.807) is 38.1 Å². The van der Waals surface area contributed by atoms with Gasteiger partial charge >= 0.3 is 11.9 Å². The second-order valence-corrected chi connectivity index (χ2v) is 24.8. The normalized spacial score (nSPS) is 38.1. The number of rotatable bonds is 10. The van der Waals surface area contributed by atoms with Gasteiger partial charge in [-0.3, -0.25) is 24.0 Å². The van der Waals surface area contributed by atoms with Crippen molar-refractivity contribution in [1.29, 1.82) is 0 Å². The largest absolute Gasteiger partial charge is 0.481 e. The topological polar surface area (TPSA) is 150 Å². The van der Waals surface area contributed by atoms with Crippen LogP contribution in [0, 0.1) is 67.5 Å². The number of fused-ring (bicyclic) bond motifs is 7. The monoisotopic (exact) mass is 909 g/mol. The highest BCUT2D eigenvalue weighted by atomic mass is 35.5. The first-order valence-corrected chi connectivity index (χ1v) is 24.7. The van der Waals surface area contributed by atoms with E-state index in [-0.39, 0.29) is 75.8 Å². The van der Waals surface area contributed by atoms with Crippen molar-refractivity contribution in [2.45, 2.75) is 158 Å². The Bertz CT molecular complexity index is 2350. The Balaban J connectivity index is 1.09. The number of benzene rings is 2. The van der Waals surface area contributed by atoms with Crippen LogP contribution in [0.5, 0.6) is 0 Å². The van der Waals surface area contributed by atoms with Crippen molar-refractivity contribution in [3.63, 3.8) is 0 Å². The minimum atomic E-state index is -1.27. The molecule has 6 aliphatic rings. The molecule has 0 spiro atoms. The molecule has 2 amide bonds. The van der Waals surface area contributed by atoms with Crippen molar-refractivity contribution in [1.82, 2.24) is 10.6 Å². The summed E-state index contributed by atoms with van der Waals surface area (Å²) >= 11 is 6.08. The zero-order valence-electron chi connectivity index (χ0n) is 40.7. The standard InChI is InChI=1S/C55H73ClN2O7/c1-32(2)41-37(59)30-54(58-44(61)48(5,6)57-43(60)34-17-19-35(56)20-18-34)28-27-51(10)36(42(41)54)21-22-40-50(9)25-23-39(47(3,4)38(50)24-26-52(40,51)11)55(46(64)65)31-53(45(62)63,49(55,7)8)29-33-15-13-12-14-16-33/h12-20,32,36,38-40H,21-31H2,1-11H3,(H,57,60)(H,58,61)(H,62,63)(H,64,65)/t36-,38-,39+,40-,50-,51-,52-,53+,54-,55-/m1/s1. The van der Waals surface area contributed by atoms with Gasteiger partial charge in [0.25, 0.3) is 5.91 Å². The van der Waals surface area contributed by atoms with E-state index in [2.05, 4.69) is 59.1 Å². The minimum absolute atomic E-state index is 0.0176. The van der Waals surface area contributed by atoms with Gasteiger partial charge in [0, 0.05) is 17.0 Å². The molecule has 4 N–H and O–H groups in total. The van der Waals surface area contributed by atoms with Gasteiger partial charge in [-0.2, -0.15) is 0 Å². The van der Waals surface area contributed by atoms with Crippen molar-refractivity contribution < 1.29 is 34.2 Å². The molecule has 0 aromatic heterocycles. The molecule has 8 rings (SSSR count). The maximum absolute atomic E-state index is 14.5. The fourth-order valence-corrected chi connectivity index (χ4v) is 17.1. The van der Waals surface area contributed by atoms with Crippen molar-refractivity contribution >= 4 is 41.1 Å². The first-order valence-electron chi connectivity index (χ1n) is 24.3. The van der Waals surface area contributed by atoms with E-state index >= 15 is 0 Å². The van der Waals surface area contributed by atoms with Crippen LogP contribution in [0.1, 0.15) is 156 Å². The summed E-state index contributed by atoms with van der Waals surface area (Å²) in [4.78, 5) is 69.5. The Kier molecular flexibility index (Phi) is 11.2. The van der Waals surface area contributed by atoms with E-state index < -0.39 is 39.3 Å². The maximum atomic E-state index is 14.5. The number of Topliss-reactive ketones (excluding diaryl/α,β-unsaturated/α-hetero) is 1. The number of carbonyl (C=O) groups excluding carboxylic acids is 3. The molecule has 5 saturated carbocycles. The van der Waals surface area contributed by atoms with Crippen LogP contribution >= 0.6 is 11.6 Å². The van der Waals surface area contributed by atoms with Gasteiger partial charge in [-0.25, -0.2) is 0 Å². The van der Waals surface area contributed by atoms with E-state index in [4.69, 9.17) is 11.6 Å². The Morgan fingerprint density at radius 3 is 1.98 bits per heavy atom. The van der Waals surface area contributed by atoms with Crippen LogP contribution in [-0.2, 0) is 25.6 Å². The molecule has 0 saturated heterocycles. The predicted molar refractivity (Wildman–Crippen MR) is 253 cm³/mol. The minimum Gasteiger partial charge on any atom is -0.481 e. The van der Waals surface area contributed by atoms with E-state index in [0.29, 0.717) is 29.3 Å². The van der Waals surface area contributed by atoms with Gasteiger partial charge in [-0.05, 0) is 176 Å². The number of halogens is 1. The Morgan fingerprint density at radius 1 is 0.769 bits per heavy atom. The number of carboxylic acid groups (broad SMARTS) is 2. The lowest BCUT2D eigenvalue weighted by molar-refractivity contribution is -0.281. The van der Waals surface area contributed by atoms with Crippen LogP contribution in [-0.4, -0.2) is 50.8 Å². The van der Waals surface area contributed by atoms with Gasteiger partial charge in [0.15, 0.2) is 5.78 Å². The number of nitrogens with one attached hydrogen (secondary N) is 2. The number of carbonyl (C=O) groups is 5. The lowest BCUT2D eigenvalue weighted by atomic mass is 9.27. The Morgan fingerprint density at radius 2 is 1.40 bits per heavy atom. The summed E-state index contributed by atoms with van der Waals surface area (Å²) in [6.07, 6.45) is 7.48. The number of hydrogen-bond acceptors (Lipinski definition) is 5. The molecule has 2 aromatic carbocycles. The number of carboxylic acids is 2. The van der Waals surface area contributed by atoms with Gasteiger partial charge in [-0.15, -0.1) is 0 Å². The molecule has 9 nitrogen and oxygen atoms in total. The third kappa shape index (κ3) is 6.45. The number of allylic oxidation sites excluding steroid dienone is 1. The number of ketones is 1. The highest BCUT2D eigenvalue weighted by Crippen LogP contribution is 2.81. The third-order valence-electron chi connectivity index (χ3n) is 20.5. The second kappa shape index (κ2) is 15.3. The first-order chi connectivity index (χ1) is 30.1. The molecule has 0 unspecified atom stereocenters. The molecule has 5 fully saturated rings.